The molecule has 2 aliphatic heterocycles. The minimum absolute atomic E-state index is 0.845. The van der Waals surface area contributed by atoms with Gasteiger partial charge in [0.25, 0.3) is 0 Å². The molecule has 2 nitrogen and oxygen atoms in total. The van der Waals surface area contributed by atoms with Crippen LogP contribution in [0.3, 0.4) is 0 Å². The van der Waals surface area contributed by atoms with E-state index in [1.54, 1.807) is 0 Å². The first-order chi connectivity index (χ1) is 5.75. The lowest BCUT2D eigenvalue weighted by Gasteiger charge is -2.44. The van der Waals surface area contributed by atoms with Crippen molar-refractivity contribution in [2.75, 3.05) is 32.8 Å². The van der Waals surface area contributed by atoms with Gasteiger partial charge in [-0.25, -0.2) is 0 Å². The largest absolute Gasteiger partial charge is 0.381 e. The summed E-state index contributed by atoms with van der Waals surface area (Å²) >= 11 is 0. The zero-order chi connectivity index (χ0) is 8.55. The van der Waals surface area contributed by atoms with Crippen LogP contribution < -0.4 is 0 Å². The monoisotopic (exact) mass is 169 g/mol. The van der Waals surface area contributed by atoms with Crippen LogP contribution >= 0.6 is 0 Å². The quantitative estimate of drug-likeness (QED) is 0.630. The molecule has 0 aliphatic carbocycles. The van der Waals surface area contributed by atoms with E-state index in [0.717, 1.165) is 31.0 Å². The second-order valence-electron chi connectivity index (χ2n) is 4.63. The number of likely N-dealkylation sites (tertiary alicyclic amines) is 1. The minimum Gasteiger partial charge on any atom is -0.381 e. The maximum Gasteiger partial charge on any atom is 0.0528 e. The molecule has 0 aromatic carbocycles. The van der Waals surface area contributed by atoms with E-state index in [4.69, 9.17) is 4.74 Å². The Labute approximate surface area is 74.9 Å². The Morgan fingerprint density at radius 1 is 1.33 bits per heavy atom. The van der Waals surface area contributed by atoms with Gasteiger partial charge in [0.1, 0.15) is 0 Å². The third kappa shape index (κ3) is 1.64. The number of hydrogen-bond donors (Lipinski definition) is 0. The van der Waals surface area contributed by atoms with Crippen molar-refractivity contribution in [2.24, 2.45) is 17.8 Å². The molecular weight excluding hydrogens is 150 g/mol. The van der Waals surface area contributed by atoms with Gasteiger partial charge in [-0.15, -0.1) is 0 Å². The second kappa shape index (κ2) is 3.35. The third-order valence-corrected chi connectivity index (χ3v) is 3.15. The van der Waals surface area contributed by atoms with Crippen molar-refractivity contribution < 1.29 is 4.74 Å². The predicted molar refractivity (Wildman–Crippen MR) is 49.1 cm³/mol. The van der Waals surface area contributed by atoms with E-state index >= 15 is 0 Å². The standard InChI is InChI=1S/C10H19NO/c1-8(2)10-4-11(5-10)3-9-6-12-7-9/h8-10H,3-7H2,1-2H3. The summed E-state index contributed by atoms with van der Waals surface area (Å²) in [7, 11) is 0. The lowest BCUT2D eigenvalue weighted by molar-refractivity contribution is -0.0652. The van der Waals surface area contributed by atoms with Gasteiger partial charge in [0.2, 0.25) is 0 Å². The van der Waals surface area contributed by atoms with Gasteiger partial charge in [0.05, 0.1) is 13.2 Å². The SMILES string of the molecule is CC(C)C1CN(CC2COC2)C1. The van der Waals surface area contributed by atoms with Gasteiger partial charge in [0, 0.05) is 25.6 Å². The molecule has 2 aliphatic rings. The van der Waals surface area contributed by atoms with Crippen molar-refractivity contribution in [2.45, 2.75) is 13.8 Å². The highest BCUT2D eigenvalue weighted by molar-refractivity contribution is 4.84. The van der Waals surface area contributed by atoms with E-state index < -0.39 is 0 Å². The first-order valence-electron chi connectivity index (χ1n) is 5.06. The minimum atomic E-state index is 0.845. The van der Waals surface area contributed by atoms with Crippen LogP contribution in [0.1, 0.15) is 13.8 Å². The Kier molecular flexibility index (Phi) is 2.37. The second-order valence-corrected chi connectivity index (χ2v) is 4.63. The normalized spacial score (nSPS) is 27.2. The summed E-state index contributed by atoms with van der Waals surface area (Å²) in [5, 5.41) is 0. The molecule has 0 saturated carbocycles. The number of hydrogen-bond acceptors (Lipinski definition) is 2. The van der Waals surface area contributed by atoms with Crippen LogP contribution in [0.2, 0.25) is 0 Å². The Morgan fingerprint density at radius 2 is 2.00 bits per heavy atom. The van der Waals surface area contributed by atoms with Crippen LogP contribution in [-0.2, 0) is 4.74 Å². The van der Waals surface area contributed by atoms with Gasteiger partial charge in [-0.2, -0.15) is 0 Å². The van der Waals surface area contributed by atoms with Crippen LogP contribution in [0.5, 0.6) is 0 Å². The summed E-state index contributed by atoms with van der Waals surface area (Å²) < 4.78 is 5.15. The molecular formula is C10H19NO. The average molecular weight is 169 g/mol. The smallest absolute Gasteiger partial charge is 0.0528 e. The van der Waals surface area contributed by atoms with Crippen LogP contribution in [0, 0.1) is 17.8 Å². The summed E-state index contributed by atoms with van der Waals surface area (Å²) in [4.78, 5) is 2.57. The fraction of sp³-hybridized carbons (Fsp3) is 1.00. The molecule has 0 radical (unpaired) electrons. The Morgan fingerprint density at radius 3 is 2.42 bits per heavy atom. The summed E-state index contributed by atoms with van der Waals surface area (Å²) in [5.74, 6) is 2.68. The molecule has 2 heteroatoms. The zero-order valence-corrected chi connectivity index (χ0v) is 8.12. The molecule has 2 rings (SSSR count). The van der Waals surface area contributed by atoms with E-state index in [1.807, 2.05) is 0 Å². The van der Waals surface area contributed by atoms with E-state index in [9.17, 15) is 0 Å². The fourth-order valence-electron chi connectivity index (χ4n) is 1.94. The molecule has 0 aromatic rings. The Balaban J connectivity index is 1.61. The van der Waals surface area contributed by atoms with Gasteiger partial charge in [-0.05, 0) is 11.8 Å². The average Bonchev–Trinajstić information content (AvgIpc) is 1.79. The van der Waals surface area contributed by atoms with E-state index in [1.165, 1.54) is 19.6 Å². The van der Waals surface area contributed by atoms with Crippen molar-refractivity contribution in [3.05, 3.63) is 0 Å². The van der Waals surface area contributed by atoms with Crippen LogP contribution in [-0.4, -0.2) is 37.7 Å². The summed E-state index contributed by atoms with van der Waals surface area (Å²) in [6.45, 7) is 10.6. The Bertz CT molecular complexity index is 148. The van der Waals surface area contributed by atoms with Crippen molar-refractivity contribution >= 4 is 0 Å². The van der Waals surface area contributed by atoms with E-state index in [0.29, 0.717) is 0 Å². The first kappa shape index (κ1) is 8.52. The van der Waals surface area contributed by atoms with E-state index in [-0.39, 0.29) is 0 Å². The number of ether oxygens (including phenoxy) is 1. The van der Waals surface area contributed by atoms with Gasteiger partial charge in [-0.1, -0.05) is 13.8 Å². The van der Waals surface area contributed by atoms with Gasteiger partial charge in [0.15, 0.2) is 0 Å². The molecule has 2 fully saturated rings. The first-order valence-corrected chi connectivity index (χ1v) is 5.06. The molecule has 12 heavy (non-hydrogen) atoms. The molecule has 0 amide bonds. The van der Waals surface area contributed by atoms with Gasteiger partial charge >= 0.3 is 0 Å². The van der Waals surface area contributed by atoms with Gasteiger partial charge in [-0.3, -0.25) is 0 Å². The molecule has 2 heterocycles. The van der Waals surface area contributed by atoms with Crippen molar-refractivity contribution in [3.8, 4) is 0 Å². The third-order valence-electron chi connectivity index (χ3n) is 3.15. The van der Waals surface area contributed by atoms with E-state index in [2.05, 4.69) is 18.7 Å². The van der Waals surface area contributed by atoms with Crippen LogP contribution in [0.25, 0.3) is 0 Å². The molecule has 0 N–H and O–H groups in total. The number of nitrogens with zero attached hydrogens (tertiary/aromatic N) is 1. The highest BCUT2D eigenvalue weighted by atomic mass is 16.5. The van der Waals surface area contributed by atoms with Crippen molar-refractivity contribution in [1.29, 1.82) is 0 Å². The predicted octanol–water partition coefficient (Wildman–Crippen LogP) is 1.22. The molecule has 0 aromatic heterocycles. The molecule has 2 saturated heterocycles. The molecule has 0 spiro atoms. The van der Waals surface area contributed by atoms with Crippen molar-refractivity contribution in [1.82, 2.24) is 4.90 Å². The van der Waals surface area contributed by atoms with Crippen molar-refractivity contribution in [3.63, 3.8) is 0 Å². The maximum absolute atomic E-state index is 5.15. The molecule has 0 bridgehead atoms. The highest BCUT2D eigenvalue weighted by Crippen LogP contribution is 2.25. The summed E-state index contributed by atoms with van der Waals surface area (Å²) in [5.41, 5.74) is 0. The maximum atomic E-state index is 5.15. The lowest BCUT2D eigenvalue weighted by Crippen LogP contribution is -2.52. The number of rotatable bonds is 3. The highest BCUT2D eigenvalue weighted by Gasteiger charge is 2.31. The Hall–Kier alpha value is -0.0800. The summed E-state index contributed by atoms with van der Waals surface area (Å²) in [6, 6.07) is 0. The van der Waals surface area contributed by atoms with Crippen LogP contribution in [0.4, 0.5) is 0 Å². The molecule has 0 atom stereocenters. The molecule has 0 unspecified atom stereocenters. The topological polar surface area (TPSA) is 12.5 Å². The van der Waals surface area contributed by atoms with Crippen LogP contribution in [0.15, 0.2) is 0 Å². The zero-order valence-electron chi connectivity index (χ0n) is 8.12. The van der Waals surface area contributed by atoms with Gasteiger partial charge < -0.3 is 9.64 Å². The fourth-order valence-corrected chi connectivity index (χ4v) is 1.94. The lowest BCUT2D eigenvalue weighted by atomic mass is 9.87. The summed E-state index contributed by atoms with van der Waals surface area (Å²) in [6.07, 6.45) is 0. The molecule has 70 valence electrons.